The number of pyridine rings is 1. The molecule has 0 aliphatic heterocycles. The molecule has 0 spiro atoms. The Labute approximate surface area is 116 Å². The molecular weight excluding hydrogens is 260 g/mol. The van der Waals surface area contributed by atoms with E-state index in [1.54, 1.807) is 17.1 Å². The summed E-state index contributed by atoms with van der Waals surface area (Å²) in [5, 5.41) is 10.2. The summed E-state index contributed by atoms with van der Waals surface area (Å²) in [6, 6.07) is 8.17. The second-order valence-corrected chi connectivity index (χ2v) is 4.72. The van der Waals surface area contributed by atoms with Crippen molar-refractivity contribution in [3.63, 3.8) is 0 Å². The maximum atomic E-state index is 5.92. The van der Waals surface area contributed by atoms with Gasteiger partial charge in [0.15, 0.2) is 5.82 Å². The molecule has 1 N–H and O–H groups in total. The highest BCUT2D eigenvalue weighted by Crippen LogP contribution is 2.23. The predicted octanol–water partition coefficient (Wildman–Crippen LogP) is 2.79. The molecule has 0 fully saturated rings. The molecule has 5 heteroatoms. The molecule has 2 heterocycles. The van der Waals surface area contributed by atoms with Crippen molar-refractivity contribution >= 4 is 22.4 Å². The fourth-order valence-electron chi connectivity index (χ4n) is 2.17. The van der Waals surface area contributed by atoms with Crippen LogP contribution in [0.4, 0.5) is 0 Å². The summed E-state index contributed by atoms with van der Waals surface area (Å²) in [6.45, 7) is 0.785. The van der Waals surface area contributed by atoms with Gasteiger partial charge in [-0.2, -0.15) is 5.10 Å². The minimum atomic E-state index is 0.602. The quantitative estimate of drug-likeness (QED) is 0.797. The number of fused-ring (bicyclic) bond motifs is 1. The van der Waals surface area contributed by atoms with Crippen molar-refractivity contribution in [2.75, 3.05) is 7.05 Å². The minimum absolute atomic E-state index is 0.602. The Balaban J connectivity index is 2.24. The van der Waals surface area contributed by atoms with Crippen molar-refractivity contribution < 1.29 is 0 Å². The van der Waals surface area contributed by atoms with E-state index in [-0.39, 0.29) is 0 Å². The van der Waals surface area contributed by atoms with Crippen LogP contribution in [0.5, 0.6) is 0 Å². The molecule has 3 rings (SSSR count). The second-order valence-electron chi connectivity index (χ2n) is 4.29. The zero-order valence-electron chi connectivity index (χ0n) is 10.5. The van der Waals surface area contributed by atoms with Crippen LogP contribution in [0.1, 0.15) is 5.56 Å². The molecule has 0 aliphatic rings. The molecule has 19 heavy (non-hydrogen) atoms. The SMILES string of the molecule is CNCc1cnc(-n2cc(Cl)cn2)c2ccccc12. The van der Waals surface area contributed by atoms with E-state index >= 15 is 0 Å². The van der Waals surface area contributed by atoms with Gasteiger partial charge >= 0.3 is 0 Å². The number of rotatable bonds is 3. The van der Waals surface area contributed by atoms with Crippen LogP contribution in [0.15, 0.2) is 42.9 Å². The van der Waals surface area contributed by atoms with E-state index in [4.69, 9.17) is 11.6 Å². The Morgan fingerprint density at radius 2 is 2.00 bits per heavy atom. The first-order valence-corrected chi connectivity index (χ1v) is 6.39. The molecule has 0 saturated carbocycles. The summed E-state index contributed by atoms with van der Waals surface area (Å²) in [5.41, 5.74) is 1.17. The summed E-state index contributed by atoms with van der Waals surface area (Å²) >= 11 is 5.92. The van der Waals surface area contributed by atoms with E-state index in [1.165, 1.54) is 10.9 Å². The number of benzene rings is 1. The standard InChI is InChI=1S/C14H13ClN4/c1-16-6-10-7-17-14(19-9-11(15)8-18-19)13-5-3-2-4-12(10)13/h2-5,7-9,16H,6H2,1H3. The Hall–Kier alpha value is -1.91. The van der Waals surface area contributed by atoms with E-state index in [9.17, 15) is 0 Å². The molecule has 4 nitrogen and oxygen atoms in total. The maximum Gasteiger partial charge on any atom is 0.161 e. The van der Waals surface area contributed by atoms with Crippen LogP contribution < -0.4 is 5.32 Å². The summed E-state index contributed by atoms with van der Waals surface area (Å²) in [6.07, 6.45) is 5.25. The van der Waals surface area contributed by atoms with Gasteiger partial charge in [-0.3, -0.25) is 0 Å². The third-order valence-electron chi connectivity index (χ3n) is 2.99. The molecule has 0 saturated heterocycles. The van der Waals surface area contributed by atoms with E-state index in [0.717, 1.165) is 17.7 Å². The van der Waals surface area contributed by atoms with Crippen molar-refractivity contribution in [1.29, 1.82) is 0 Å². The average Bonchev–Trinajstić information content (AvgIpc) is 2.86. The Bertz CT molecular complexity index is 720. The number of hydrogen-bond donors (Lipinski definition) is 1. The van der Waals surface area contributed by atoms with Crippen LogP contribution in [-0.2, 0) is 6.54 Å². The lowest BCUT2D eigenvalue weighted by Crippen LogP contribution is -2.07. The van der Waals surface area contributed by atoms with Crippen LogP contribution in [0, 0.1) is 0 Å². The Morgan fingerprint density at radius 1 is 1.21 bits per heavy atom. The monoisotopic (exact) mass is 272 g/mol. The van der Waals surface area contributed by atoms with Gasteiger partial charge < -0.3 is 5.32 Å². The molecule has 0 radical (unpaired) electrons. The number of nitrogens with zero attached hydrogens (tertiary/aromatic N) is 3. The highest BCUT2D eigenvalue weighted by atomic mass is 35.5. The highest BCUT2D eigenvalue weighted by molar-refractivity contribution is 6.30. The zero-order chi connectivity index (χ0) is 13.2. The molecule has 0 amide bonds. The topological polar surface area (TPSA) is 42.7 Å². The van der Waals surface area contributed by atoms with E-state index < -0.39 is 0 Å². The second kappa shape index (κ2) is 4.99. The van der Waals surface area contributed by atoms with E-state index in [1.807, 2.05) is 31.4 Å². The van der Waals surface area contributed by atoms with Gasteiger partial charge in [0.05, 0.1) is 17.4 Å². The molecular formula is C14H13ClN4. The molecule has 96 valence electrons. The van der Waals surface area contributed by atoms with Gasteiger partial charge in [0.1, 0.15) is 0 Å². The Morgan fingerprint density at radius 3 is 2.68 bits per heavy atom. The van der Waals surface area contributed by atoms with Gasteiger partial charge in [-0.1, -0.05) is 35.9 Å². The predicted molar refractivity (Wildman–Crippen MR) is 76.6 cm³/mol. The van der Waals surface area contributed by atoms with Crippen LogP contribution >= 0.6 is 11.6 Å². The van der Waals surface area contributed by atoms with Gasteiger partial charge in [0.2, 0.25) is 0 Å². The zero-order valence-corrected chi connectivity index (χ0v) is 11.2. The molecule has 0 unspecified atom stereocenters. The van der Waals surface area contributed by atoms with Gasteiger partial charge in [-0.25, -0.2) is 9.67 Å². The first-order valence-electron chi connectivity index (χ1n) is 6.01. The largest absolute Gasteiger partial charge is 0.316 e. The van der Waals surface area contributed by atoms with Gasteiger partial charge in [0.25, 0.3) is 0 Å². The van der Waals surface area contributed by atoms with E-state index in [2.05, 4.69) is 21.5 Å². The molecule has 0 bridgehead atoms. The van der Waals surface area contributed by atoms with Crippen molar-refractivity contribution in [2.24, 2.45) is 0 Å². The van der Waals surface area contributed by atoms with Crippen molar-refractivity contribution in [2.45, 2.75) is 6.54 Å². The number of aromatic nitrogens is 3. The molecule has 3 aromatic rings. The molecule has 0 aliphatic carbocycles. The van der Waals surface area contributed by atoms with Gasteiger partial charge in [-0.15, -0.1) is 0 Å². The summed E-state index contributed by atoms with van der Waals surface area (Å²) in [5.74, 6) is 0.794. The summed E-state index contributed by atoms with van der Waals surface area (Å²) < 4.78 is 1.70. The van der Waals surface area contributed by atoms with Gasteiger partial charge in [0, 0.05) is 18.1 Å². The highest BCUT2D eigenvalue weighted by Gasteiger charge is 2.09. The molecule has 0 atom stereocenters. The van der Waals surface area contributed by atoms with Crippen LogP contribution in [-0.4, -0.2) is 21.8 Å². The normalized spacial score (nSPS) is 11.1. The van der Waals surface area contributed by atoms with Crippen molar-refractivity contribution in [1.82, 2.24) is 20.1 Å². The smallest absolute Gasteiger partial charge is 0.161 e. The average molecular weight is 273 g/mol. The lowest BCUT2D eigenvalue weighted by atomic mass is 10.1. The Kier molecular flexibility index (Phi) is 3.19. The third kappa shape index (κ3) is 2.20. The lowest BCUT2D eigenvalue weighted by molar-refractivity contribution is 0.811. The van der Waals surface area contributed by atoms with Crippen LogP contribution in [0.2, 0.25) is 5.02 Å². The van der Waals surface area contributed by atoms with E-state index in [0.29, 0.717) is 5.02 Å². The first kappa shape index (κ1) is 12.1. The lowest BCUT2D eigenvalue weighted by Gasteiger charge is -2.09. The molecule has 1 aromatic carbocycles. The maximum absolute atomic E-state index is 5.92. The third-order valence-corrected chi connectivity index (χ3v) is 3.19. The number of nitrogens with one attached hydrogen (secondary N) is 1. The first-order chi connectivity index (χ1) is 9.29. The van der Waals surface area contributed by atoms with Crippen molar-refractivity contribution in [3.05, 3.63) is 53.4 Å². The number of hydrogen-bond acceptors (Lipinski definition) is 3. The van der Waals surface area contributed by atoms with Crippen LogP contribution in [0.3, 0.4) is 0 Å². The van der Waals surface area contributed by atoms with Gasteiger partial charge in [-0.05, 0) is 18.0 Å². The summed E-state index contributed by atoms with van der Waals surface area (Å²) in [4.78, 5) is 4.51. The van der Waals surface area contributed by atoms with Crippen LogP contribution in [0.25, 0.3) is 16.6 Å². The minimum Gasteiger partial charge on any atom is -0.316 e. The molecule has 2 aromatic heterocycles. The fourth-order valence-corrected chi connectivity index (χ4v) is 2.30. The number of halogens is 1. The summed E-state index contributed by atoms with van der Waals surface area (Å²) in [7, 11) is 1.93. The fraction of sp³-hybridized carbons (Fsp3) is 0.143. The van der Waals surface area contributed by atoms with Crippen molar-refractivity contribution in [3.8, 4) is 5.82 Å².